The minimum atomic E-state index is -2.21. The summed E-state index contributed by atoms with van der Waals surface area (Å²) in [5, 5.41) is 41.7. The number of carboxylic acids is 2. The zero-order valence-corrected chi connectivity index (χ0v) is 13.5. The van der Waals surface area contributed by atoms with Crippen LogP contribution in [0.15, 0.2) is 24.3 Å². The van der Waals surface area contributed by atoms with E-state index in [0.29, 0.717) is 19.4 Å². The maximum atomic E-state index is 11.6. The fourth-order valence-corrected chi connectivity index (χ4v) is 3.87. The number of aliphatic hydroxyl groups is 2. The summed E-state index contributed by atoms with van der Waals surface area (Å²) in [4.78, 5) is 22.6. The Kier molecular flexibility index (Phi) is 4.79. The molecule has 0 bridgehead atoms. The molecular weight excluding hydrogens is 330 g/mol. The van der Waals surface area contributed by atoms with E-state index in [1.807, 2.05) is 12.1 Å². The van der Waals surface area contributed by atoms with Crippen molar-refractivity contribution in [2.24, 2.45) is 0 Å². The van der Waals surface area contributed by atoms with Crippen molar-refractivity contribution >= 4 is 11.9 Å². The Bertz CT molecular complexity index is 679. The first-order valence-electron chi connectivity index (χ1n) is 8.16. The van der Waals surface area contributed by atoms with Crippen LogP contribution in [0, 0.1) is 0 Å². The largest absolute Gasteiger partial charge is 0.479 e. The number of fused-ring (bicyclic) bond motifs is 3. The van der Waals surface area contributed by atoms with E-state index in [-0.39, 0.29) is 12.5 Å². The molecule has 2 aliphatic rings. The Labute approximate surface area is 144 Å². The number of carbonyl (C=O) groups is 2. The molecular formula is C17H21NO7. The summed E-state index contributed by atoms with van der Waals surface area (Å²) in [6, 6.07) is 7.01. The van der Waals surface area contributed by atoms with Crippen LogP contribution in [-0.2, 0) is 26.5 Å². The van der Waals surface area contributed by atoms with Crippen LogP contribution in [0.25, 0.3) is 0 Å². The van der Waals surface area contributed by atoms with Gasteiger partial charge in [-0.25, -0.2) is 9.59 Å². The molecule has 0 amide bonds. The van der Waals surface area contributed by atoms with Crippen LogP contribution >= 0.6 is 0 Å². The number of hydrogen-bond acceptors (Lipinski definition) is 6. The summed E-state index contributed by atoms with van der Waals surface area (Å²) in [6.07, 6.45) is -3.66. The van der Waals surface area contributed by atoms with Crippen molar-refractivity contribution in [3.63, 3.8) is 0 Å². The van der Waals surface area contributed by atoms with Crippen molar-refractivity contribution in [3.8, 4) is 0 Å². The molecule has 0 aromatic heterocycles. The van der Waals surface area contributed by atoms with Crippen molar-refractivity contribution in [1.82, 2.24) is 5.32 Å². The molecule has 5 atom stereocenters. The highest BCUT2D eigenvalue weighted by atomic mass is 16.6. The number of benzene rings is 1. The van der Waals surface area contributed by atoms with Crippen molar-refractivity contribution in [3.05, 3.63) is 35.4 Å². The Morgan fingerprint density at radius 2 is 1.92 bits per heavy atom. The first-order chi connectivity index (χ1) is 11.8. The lowest BCUT2D eigenvalue weighted by Crippen LogP contribution is -2.61. The van der Waals surface area contributed by atoms with Crippen LogP contribution in [0.1, 0.15) is 30.4 Å². The summed E-state index contributed by atoms with van der Waals surface area (Å²) in [7, 11) is 0. The van der Waals surface area contributed by atoms with Gasteiger partial charge < -0.3 is 30.5 Å². The van der Waals surface area contributed by atoms with Crippen molar-refractivity contribution in [2.45, 2.75) is 55.8 Å². The number of rotatable bonds is 5. The highest BCUT2D eigenvalue weighted by Crippen LogP contribution is 2.45. The standard InChI is InChI=1S/C17H21NO7/c19-10-5-6-12-17(7-10,11-4-2-1-3-9(11)8-18-12)25-14(16(23)24)13(20)15(21)22/h1-4,10,12-14,18-20H,5-8H2,(H,21,22)(H,23,24)/t10?,12?,13-,14+,17?/m0/s1. The second-order valence-electron chi connectivity index (χ2n) is 6.58. The van der Waals surface area contributed by atoms with E-state index in [1.165, 1.54) is 0 Å². The monoisotopic (exact) mass is 351 g/mol. The molecule has 25 heavy (non-hydrogen) atoms. The SMILES string of the molecule is O=C(O)[C@@H](O)[C@@H](OC12CC(O)CCC1NCc1ccccc12)C(=O)O. The predicted octanol–water partition coefficient (Wildman–Crippen LogP) is -0.186. The molecule has 1 aliphatic carbocycles. The van der Waals surface area contributed by atoms with E-state index in [4.69, 9.17) is 9.84 Å². The molecule has 8 heteroatoms. The quantitative estimate of drug-likeness (QED) is 0.493. The lowest BCUT2D eigenvalue weighted by atomic mass is 9.70. The Balaban J connectivity index is 2.06. The highest BCUT2D eigenvalue weighted by Gasteiger charge is 2.52. The number of carboxylic acid groups (broad SMARTS) is 2. The highest BCUT2D eigenvalue weighted by molar-refractivity contribution is 5.83. The van der Waals surface area contributed by atoms with Crippen LogP contribution in [0.5, 0.6) is 0 Å². The summed E-state index contributed by atoms with van der Waals surface area (Å²) in [5.41, 5.74) is 0.398. The first kappa shape index (κ1) is 17.8. The van der Waals surface area contributed by atoms with Gasteiger partial charge in [-0.15, -0.1) is 0 Å². The predicted molar refractivity (Wildman–Crippen MR) is 84.8 cm³/mol. The molecule has 0 radical (unpaired) electrons. The maximum absolute atomic E-state index is 11.6. The van der Waals surface area contributed by atoms with Crippen molar-refractivity contribution in [1.29, 1.82) is 0 Å². The molecule has 136 valence electrons. The Morgan fingerprint density at radius 1 is 1.20 bits per heavy atom. The molecule has 1 fully saturated rings. The van der Waals surface area contributed by atoms with Crippen LogP contribution in [0.2, 0.25) is 0 Å². The summed E-state index contributed by atoms with van der Waals surface area (Å²) < 4.78 is 5.81. The number of aliphatic hydroxyl groups excluding tert-OH is 2. The van der Waals surface area contributed by atoms with E-state index in [1.54, 1.807) is 12.1 Å². The summed E-state index contributed by atoms with van der Waals surface area (Å²) >= 11 is 0. The molecule has 8 nitrogen and oxygen atoms in total. The van der Waals surface area contributed by atoms with Gasteiger partial charge >= 0.3 is 11.9 Å². The van der Waals surface area contributed by atoms with E-state index in [9.17, 15) is 24.9 Å². The summed E-state index contributed by atoms with van der Waals surface area (Å²) in [5.74, 6) is -3.24. The second kappa shape index (κ2) is 6.72. The number of hydrogen-bond donors (Lipinski definition) is 5. The van der Waals surface area contributed by atoms with E-state index in [0.717, 1.165) is 11.1 Å². The van der Waals surface area contributed by atoms with Crippen LogP contribution in [0.3, 0.4) is 0 Å². The lowest BCUT2D eigenvalue weighted by Gasteiger charge is -2.50. The average Bonchev–Trinajstić information content (AvgIpc) is 2.58. The second-order valence-corrected chi connectivity index (χ2v) is 6.58. The topological polar surface area (TPSA) is 136 Å². The van der Waals surface area contributed by atoms with Crippen LogP contribution < -0.4 is 5.32 Å². The third-order valence-electron chi connectivity index (χ3n) is 5.02. The molecule has 1 aromatic rings. The van der Waals surface area contributed by atoms with Crippen molar-refractivity contribution in [2.75, 3.05) is 0 Å². The van der Waals surface area contributed by atoms with E-state index in [2.05, 4.69) is 5.32 Å². The molecule has 1 aliphatic heterocycles. The smallest absolute Gasteiger partial charge is 0.336 e. The van der Waals surface area contributed by atoms with Gasteiger partial charge in [-0.05, 0) is 24.0 Å². The van der Waals surface area contributed by atoms with Crippen molar-refractivity contribution < 1.29 is 34.8 Å². The van der Waals surface area contributed by atoms with E-state index >= 15 is 0 Å². The molecule has 0 saturated heterocycles. The summed E-state index contributed by atoms with van der Waals surface area (Å²) in [6.45, 7) is 0.571. The first-order valence-corrected chi connectivity index (χ1v) is 8.16. The van der Waals surface area contributed by atoms with Gasteiger partial charge in [0.25, 0.3) is 0 Å². The zero-order chi connectivity index (χ0) is 18.2. The van der Waals surface area contributed by atoms with Gasteiger partial charge in [-0.3, -0.25) is 0 Å². The molecule has 5 N–H and O–H groups in total. The zero-order valence-electron chi connectivity index (χ0n) is 13.5. The van der Waals surface area contributed by atoms with Gasteiger partial charge in [-0.2, -0.15) is 0 Å². The van der Waals surface area contributed by atoms with Gasteiger partial charge in [0.15, 0.2) is 12.2 Å². The van der Waals surface area contributed by atoms with Gasteiger partial charge in [0.2, 0.25) is 0 Å². The van der Waals surface area contributed by atoms with Gasteiger partial charge in [0.05, 0.1) is 6.10 Å². The Hall–Kier alpha value is -2.00. The molecule has 1 saturated carbocycles. The lowest BCUT2D eigenvalue weighted by molar-refractivity contribution is -0.207. The fourth-order valence-electron chi connectivity index (χ4n) is 3.87. The molecule has 1 aromatic carbocycles. The van der Waals surface area contributed by atoms with Gasteiger partial charge in [0, 0.05) is 19.0 Å². The number of nitrogens with one attached hydrogen (secondary N) is 1. The minimum absolute atomic E-state index is 0.123. The van der Waals surface area contributed by atoms with Gasteiger partial charge in [-0.1, -0.05) is 24.3 Å². The molecule has 0 spiro atoms. The third kappa shape index (κ3) is 3.13. The molecule has 3 unspecified atom stereocenters. The maximum Gasteiger partial charge on any atom is 0.336 e. The van der Waals surface area contributed by atoms with Crippen LogP contribution in [-0.4, -0.2) is 56.7 Å². The fraction of sp³-hybridized carbons (Fsp3) is 0.529. The molecule has 3 rings (SSSR count). The minimum Gasteiger partial charge on any atom is -0.479 e. The normalized spacial score (nSPS) is 30.6. The Morgan fingerprint density at radius 3 is 2.60 bits per heavy atom. The third-order valence-corrected chi connectivity index (χ3v) is 5.02. The number of aliphatic carboxylic acids is 2. The van der Waals surface area contributed by atoms with Gasteiger partial charge in [0.1, 0.15) is 5.60 Å². The van der Waals surface area contributed by atoms with Crippen LogP contribution in [0.4, 0.5) is 0 Å². The molecule has 1 heterocycles. The average molecular weight is 351 g/mol. The van der Waals surface area contributed by atoms with E-state index < -0.39 is 35.9 Å². The number of ether oxygens (including phenoxy) is 1.